The third-order valence-electron chi connectivity index (χ3n) is 4.73. The Bertz CT molecular complexity index is 1110. The van der Waals surface area contributed by atoms with E-state index in [-0.39, 0.29) is 24.5 Å². The topological polar surface area (TPSA) is 76.8 Å². The summed E-state index contributed by atoms with van der Waals surface area (Å²) in [5.41, 5.74) is -1.31. The first-order valence-corrected chi connectivity index (χ1v) is 9.11. The van der Waals surface area contributed by atoms with Crippen molar-refractivity contribution in [2.45, 2.75) is 32.2 Å². The Morgan fingerprint density at radius 2 is 1.90 bits per heavy atom. The van der Waals surface area contributed by atoms with E-state index in [0.717, 1.165) is 24.5 Å². The van der Waals surface area contributed by atoms with Gasteiger partial charge in [-0.1, -0.05) is 17.7 Å². The molecule has 0 radical (unpaired) electrons. The van der Waals surface area contributed by atoms with Crippen molar-refractivity contribution in [3.63, 3.8) is 0 Å². The number of benzene rings is 1. The van der Waals surface area contributed by atoms with Crippen LogP contribution in [0, 0.1) is 5.82 Å². The Morgan fingerprint density at radius 1 is 1.20 bits per heavy atom. The van der Waals surface area contributed by atoms with E-state index >= 15 is 0 Å². The molecule has 4 rings (SSSR count). The molecule has 0 fully saturated rings. The molecular formula is C18H13ClF4N6O. The van der Waals surface area contributed by atoms with Gasteiger partial charge >= 0.3 is 6.18 Å². The summed E-state index contributed by atoms with van der Waals surface area (Å²) in [7, 11) is 0. The van der Waals surface area contributed by atoms with Crippen LogP contribution in [-0.4, -0.2) is 41.6 Å². The van der Waals surface area contributed by atoms with Crippen molar-refractivity contribution in [3.05, 3.63) is 58.4 Å². The molecule has 2 aromatic heterocycles. The van der Waals surface area contributed by atoms with Gasteiger partial charge in [-0.25, -0.2) is 14.4 Å². The fourth-order valence-corrected chi connectivity index (χ4v) is 3.57. The summed E-state index contributed by atoms with van der Waals surface area (Å²) in [6, 6.07) is 2.81. The molecule has 1 aliphatic heterocycles. The Labute approximate surface area is 172 Å². The summed E-state index contributed by atoms with van der Waals surface area (Å²) in [4.78, 5) is 22.1. The van der Waals surface area contributed by atoms with E-state index in [1.165, 1.54) is 11.0 Å². The standard InChI is InChI=1S/C18H13ClF4N6O/c1-9-7-29-13(26-27-16(29)15-24-5-10(20)6-25-15)8-28(9)17(30)11-3-2-4-12(14(11)19)18(21,22)23/h2-6,9H,7-8H2,1H3. The van der Waals surface area contributed by atoms with Gasteiger partial charge in [-0.3, -0.25) is 4.79 Å². The van der Waals surface area contributed by atoms with Gasteiger partial charge in [0.15, 0.2) is 17.5 Å². The van der Waals surface area contributed by atoms with Crippen molar-refractivity contribution in [2.75, 3.05) is 0 Å². The SMILES string of the molecule is CC1Cn2c(nnc2-c2ncc(F)cn2)CN1C(=O)c1cccc(C(F)(F)F)c1Cl. The highest BCUT2D eigenvalue weighted by Crippen LogP contribution is 2.37. The van der Waals surface area contributed by atoms with Crippen LogP contribution in [0.5, 0.6) is 0 Å². The van der Waals surface area contributed by atoms with Crippen LogP contribution in [0.15, 0.2) is 30.6 Å². The highest BCUT2D eigenvalue weighted by Gasteiger charge is 2.37. The number of halogens is 5. The van der Waals surface area contributed by atoms with Gasteiger partial charge in [0.05, 0.1) is 35.1 Å². The smallest absolute Gasteiger partial charge is 0.327 e. The normalized spacial score (nSPS) is 16.5. The highest BCUT2D eigenvalue weighted by molar-refractivity contribution is 6.34. The van der Waals surface area contributed by atoms with E-state index in [9.17, 15) is 22.4 Å². The number of carbonyl (C=O) groups excluding carboxylic acids is 1. The van der Waals surface area contributed by atoms with Gasteiger partial charge in [-0.05, 0) is 19.1 Å². The van der Waals surface area contributed by atoms with Gasteiger partial charge in [0.1, 0.15) is 0 Å². The second-order valence-corrected chi connectivity index (χ2v) is 7.10. The molecule has 7 nitrogen and oxygen atoms in total. The molecular weight excluding hydrogens is 428 g/mol. The molecule has 1 aromatic carbocycles. The maximum atomic E-state index is 13.1. The summed E-state index contributed by atoms with van der Waals surface area (Å²) in [5.74, 6) is -0.371. The van der Waals surface area contributed by atoms with E-state index in [0.29, 0.717) is 11.6 Å². The molecule has 30 heavy (non-hydrogen) atoms. The molecule has 1 amide bonds. The lowest BCUT2D eigenvalue weighted by atomic mass is 10.1. The van der Waals surface area contributed by atoms with E-state index in [1.54, 1.807) is 11.5 Å². The fraction of sp³-hybridized carbons (Fsp3) is 0.278. The zero-order chi connectivity index (χ0) is 21.6. The zero-order valence-electron chi connectivity index (χ0n) is 15.4. The summed E-state index contributed by atoms with van der Waals surface area (Å²) in [6.45, 7) is 1.99. The van der Waals surface area contributed by atoms with Gasteiger partial charge in [-0.2, -0.15) is 13.2 Å². The number of amides is 1. The van der Waals surface area contributed by atoms with Crippen molar-refractivity contribution in [1.29, 1.82) is 0 Å². The van der Waals surface area contributed by atoms with Crippen LogP contribution in [0.2, 0.25) is 5.02 Å². The molecule has 1 unspecified atom stereocenters. The number of carbonyl (C=O) groups is 1. The maximum absolute atomic E-state index is 13.1. The first kappa shape index (κ1) is 20.2. The quantitative estimate of drug-likeness (QED) is 0.569. The molecule has 0 N–H and O–H groups in total. The monoisotopic (exact) mass is 440 g/mol. The molecule has 12 heteroatoms. The minimum Gasteiger partial charge on any atom is -0.327 e. The third kappa shape index (κ3) is 3.49. The van der Waals surface area contributed by atoms with E-state index in [1.807, 2.05) is 0 Å². The summed E-state index contributed by atoms with van der Waals surface area (Å²) < 4.78 is 54.2. The minimum atomic E-state index is -4.68. The van der Waals surface area contributed by atoms with E-state index < -0.39 is 34.5 Å². The van der Waals surface area contributed by atoms with Gasteiger partial charge in [0.25, 0.3) is 5.91 Å². The number of nitrogens with zero attached hydrogens (tertiary/aromatic N) is 6. The van der Waals surface area contributed by atoms with Crippen LogP contribution >= 0.6 is 11.6 Å². The summed E-state index contributed by atoms with van der Waals surface area (Å²) in [5, 5.41) is 7.40. The predicted octanol–water partition coefficient (Wildman–Crippen LogP) is 3.59. The Kier molecular flexibility index (Phi) is 4.92. The Hall–Kier alpha value is -3.08. The van der Waals surface area contributed by atoms with Crippen molar-refractivity contribution >= 4 is 17.5 Å². The van der Waals surface area contributed by atoms with Crippen LogP contribution in [0.25, 0.3) is 11.6 Å². The largest absolute Gasteiger partial charge is 0.417 e. The first-order chi connectivity index (χ1) is 14.2. The van der Waals surface area contributed by atoms with Crippen molar-refractivity contribution in [2.24, 2.45) is 0 Å². The summed E-state index contributed by atoms with van der Waals surface area (Å²) in [6.07, 6.45) is -2.67. The lowest BCUT2D eigenvalue weighted by Crippen LogP contribution is -2.45. The van der Waals surface area contributed by atoms with Gasteiger partial charge in [0, 0.05) is 12.6 Å². The number of hydrogen-bond acceptors (Lipinski definition) is 5. The highest BCUT2D eigenvalue weighted by atomic mass is 35.5. The van der Waals surface area contributed by atoms with Crippen LogP contribution < -0.4 is 0 Å². The minimum absolute atomic E-state index is 0.000763. The number of rotatable bonds is 2. The number of fused-ring (bicyclic) bond motifs is 1. The molecule has 0 spiro atoms. The van der Waals surface area contributed by atoms with Crippen LogP contribution in [-0.2, 0) is 19.3 Å². The first-order valence-electron chi connectivity index (χ1n) is 8.73. The molecule has 1 aliphatic rings. The number of aromatic nitrogens is 5. The molecule has 0 bridgehead atoms. The lowest BCUT2D eigenvalue weighted by Gasteiger charge is -2.34. The second-order valence-electron chi connectivity index (χ2n) is 6.72. The molecule has 156 valence electrons. The Morgan fingerprint density at radius 3 is 2.57 bits per heavy atom. The van der Waals surface area contributed by atoms with Crippen molar-refractivity contribution in [1.82, 2.24) is 29.6 Å². The molecule has 0 aliphatic carbocycles. The molecule has 0 saturated heterocycles. The predicted molar refractivity (Wildman–Crippen MR) is 96.8 cm³/mol. The van der Waals surface area contributed by atoms with Crippen LogP contribution in [0.4, 0.5) is 17.6 Å². The lowest BCUT2D eigenvalue weighted by molar-refractivity contribution is -0.137. The van der Waals surface area contributed by atoms with Crippen LogP contribution in [0.3, 0.4) is 0 Å². The van der Waals surface area contributed by atoms with E-state index in [2.05, 4.69) is 20.2 Å². The second kappa shape index (κ2) is 7.31. The molecule has 3 aromatic rings. The van der Waals surface area contributed by atoms with Gasteiger partial charge in [0.2, 0.25) is 5.82 Å². The van der Waals surface area contributed by atoms with Crippen LogP contribution in [0.1, 0.15) is 28.7 Å². The number of hydrogen-bond donors (Lipinski definition) is 0. The molecule has 1 atom stereocenters. The maximum Gasteiger partial charge on any atom is 0.417 e. The molecule has 0 saturated carbocycles. The van der Waals surface area contributed by atoms with Crippen molar-refractivity contribution in [3.8, 4) is 11.6 Å². The molecule has 3 heterocycles. The average molecular weight is 441 g/mol. The van der Waals surface area contributed by atoms with Crippen molar-refractivity contribution < 1.29 is 22.4 Å². The van der Waals surface area contributed by atoms with Gasteiger partial charge in [-0.15, -0.1) is 10.2 Å². The zero-order valence-corrected chi connectivity index (χ0v) is 16.1. The number of alkyl halides is 3. The third-order valence-corrected chi connectivity index (χ3v) is 5.14. The summed E-state index contributed by atoms with van der Waals surface area (Å²) >= 11 is 5.90. The Balaban J connectivity index is 1.65. The van der Waals surface area contributed by atoms with Gasteiger partial charge < -0.3 is 9.47 Å². The fourth-order valence-electron chi connectivity index (χ4n) is 3.25. The van der Waals surface area contributed by atoms with E-state index in [4.69, 9.17) is 11.6 Å². The average Bonchev–Trinajstić information content (AvgIpc) is 3.09.